The standard InChI is InChI=1S/C24H44O4/c1-4-5-6-7-8-9-10-11-16-23(21(25)26)17-12-13-18-24(23,22(27)28)19-14-15-20(2)3/h20H,4-19H2,1-3H3,(H,25,26)(H,27,28). The van der Waals surface area contributed by atoms with Crippen molar-refractivity contribution in [2.45, 2.75) is 124 Å². The van der Waals surface area contributed by atoms with Crippen LogP contribution in [-0.4, -0.2) is 22.2 Å². The molecule has 0 aromatic rings. The summed E-state index contributed by atoms with van der Waals surface area (Å²) in [6, 6.07) is 0. The molecule has 1 aliphatic rings. The monoisotopic (exact) mass is 396 g/mol. The topological polar surface area (TPSA) is 74.6 Å². The minimum absolute atomic E-state index is 0.504. The van der Waals surface area contributed by atoms with E-state index in [1.807, 2.05) is 0 Å². The van der Waals surface area contributed by atoms with Crippen LogP contribution >= 0.6 is 0 Å². The molecule has 1 fully saturated rings. The SMILES string of the molecule is CCCCCCCCCCC1(C(=O)O)CCCCC1(CCCC(C)C)C(=O)O. The molecule has 1 saturated carbocycles. The lowest BCUT2D eigenvalue weighted by atomic mass is 9.52. The van der Waals surface area contributed by atoms with Crippen molar-refractivity contribution >= 4 is 11.9 Å². The Kier molecular flexibility index (Phi) is 11.1. The van der Waals surface area contributed by atoms with Crippen LogP contribution in [0.15, 0.2) is 0 Å². The van der Waals surface area contributed by atoms with E-state index in [1.165, 1.54) is 32.1 Å². The molecule has 2 unspecified atom stereocenters. The molecule has 2 atom stereocenters. The van der Waals surface area contributed by atoms with Crippen LogP contribution in [0.2, 0.25) is 0 Å². The fraction of sp³-hybridized carbons (Fsp3) is 0.917. The Bertz CT molecular complexity index is 473. The lowest BCUT2D eigenvalue weighted by Gasteiger charge is -2.49. The summed E-state index contributed by atoms with van der Waals surface area (Å²) in [5, 5.41) is 20.4. The van der Waals surface area contributed by atoms with Crippen molar-refractivity contribution in [2.24, 2.45) is 16.7 Å². The minimum Gasteiger partial charge on any atom is -0.481 e. The second-order valence-corrected chi connectivity index (χ2v) is 9.49. The molecule has 0 bridgehead atoms. The largest absolute Gasteiger partial charge is 0.481 e. The normalized spacial score (nSPS) is 25.1. The van der Waals surface area contributed by atoms with Gasteiger partial charge in [0.25, 0.3) is 0 Å². The molecule has 0 saturated heterocycles. The molecule has 28 heavy (non-hydrogen) atoms. The summed E-state index contributed by atoms with van der Waals surface area (Å²) in [4.78, 5) is 24.9. The summed E-state index contributed by atoms with van der Waals surface area (Å²) >= 11 is 0. The van der Waals surface area contributed by atoms with Crippen LogP contribution in [0.1, 0.15) is 124 Å². The molecule has 0 aromatic carbocycles. The molecular weight excluding hydrogens is 352 g/mol. The number of carboxylic acid groups (broad SMARTS) is 2. The third kappa shape index (κ3) is 6.49. The molecule has 0 heterocycles. The van der Waals surface area contributed by atoms with Crippen LogP contribution in [0.3, 0.4) is 0 Å². The maximum absolute atomic E-state index is 12.5. The first-order valence-electron chi connectivity index (χ1n) is 11.8. The molecule has 0 spiro atoms. The molecule has 1 rings (SSSR count). The number of carboxylic acids is 2. The smallest absolute Gasteiger partial charge is 0.310 e. The van der Waals surface area contributed by atoms with Gasteiger partial charge in [0, 0.05) is 0 Å². The van der Waals surface area contributed by atoms with Crippen LogP contribution in [0.5, 0.6) is 0 Å². The first-order valence-corrected chi connectivity index (χ1v) is 11.8. The number of unbranched alkanes of at least 4 members (excludes halogenated alkanes) is 7. The Balaban J connectivity index is 2.78. The number of carbonyl (C=O) groups is 2. The van der Waals surface area contributed by atoms with E-state index in [2.05, 4.69) is 20.8 Å². The second-order valence-electron chi connectivity index (χ2n) is 9.49. The van der Waals surface area contributed by atoms with E-state index in [9.17, 15) is 19.8 Å². The summed E-state index contributed by atoms with van der Waals surface area (Å²) in [5.41, 5.74) is -2.18. The zero-order valence-electron chi connectivity index (χ0n) is 18.6. The predicted molar refractivity (Wildman–Crippen MR) is 115 cm³/mol. The van der Waals surface area contributed by atoms with Crippen LogP contribution in [0.4, 0.5) is 0 Å². The van der Waals surface area contributed by atoms with Gasteiger partial charge in [0.05, 0.1) is 10.8 Å². The zero-order valence-corrected chi connectivity index (χ0v) is 18.6. The molecule has 164 valence electrons. The van der Waals surface area contributed by atoms with Crippen LogP contribution in [0, 0.1) is 16.7 Å². The predicted octanol–water partition coefficient (Wildman–Crippen LogP) is 7.06. The van der Waals surface area contributed by atoms with E-state index in [0.717, 1.165) is 44.9 Å². The third-order valence-corrected chi connectivity index (χ3v) is 7.03. The van der Waals surface area contributed by atoms with Gasteiger partial charge in [0.15, 0.2) is 0 Å². The van der Waals surface area contributed by atoms with Gasteiger partial charge in [0.1, 0.15) is 0 Å². The Morgan fingerprint density at radius 1 is 0.750 bits per heavy atom. The van der Waals surface area contributed by atoms with Crippen molar-refractivity contribution in [3.05, 3.63) is 0 Å². The van der Waals surface area contributed by atoms with Gasteiger partial charge < -0.3 is 10.2 Å². The molecule has 0 radical (unpaired) electrons. The Morgan fingerprint density at radius 3 is 1.61 bits per heavy atom. The van der Waals surface area contributed by atoms with Gasteiger partial charge in [0.2, 0.25) is 0 Å². The average molecular weight is 397 g/mol. The van der Waals surface area contributed by atoms with Crippen molar-refractivity contribution in [3.8, 4) is 0 Å². The van der Waals surface area contributed by atoms with Gasteiger partial charge in [-0.15, -0.1) is 0 Å². The van der Waals surface area contributed by atoms with Gasteiger partial charge in [-0.1, -0.05) is 97.8 Å². The van der Waals surface area contributed by atoms with E-state index < -0.39 is 22.8 Å². The summed E-state index contributed by atoms with van der Waals surface area (Å²) in [5.74, 6) is -1.23. The van der Waals surface area contributed by atoms with Crippen LogP contribution in [-0.2, 0) is 9.59 Å². The van der Waals surface area contributed by atoms with E-state index in [0.29, 0.717) is 31.6 Å². The maximum Gasteiger partial charge on any atom is 0.310 e. The molecular formula is C24H44O4. The van der Waals surface area contributed by atoms with Crippen molar-refractivity contribution in [1.29, 1.82) is 0 Å². The Morgan fingerprint density at radius 2 is 1.18 bits per heavy atom. The average Bonchev–Trinajstić information content (AvgIpc) is 2.64. The van der Waals surface area contributed by atoms with Crippen LogP contribution < -0.4 is 0 Å². The van der Waals surface area contributed by atoms with Crippen molar-refractivity contribution in [1.82, 2.24) is 0 Å². The fourth-order valence-electron chi connectivity index (χ4n) is 5.27. The van der Waals surface area contributed by atoms with Crippen LogP contribution in [0.25, 0.3) is 0 Å². The van der Waals surface area contributed by atoms with Gasteiger partial charge >= 0.3 is 11.9 Å². The molecule has 0 aromatic heterocycles. The van der Waals surface area contributed by atoms with E-state index in [1.54, 1.807) is 0 Å². The maximum atomic E-state index is 12.5. The Labute approximate surface area is 172 Å². The molecule has 4 heteroatoms. The fourth-order valence-corrected chi connectivity index (χ4v) is 5.27. The van der Waals surface area contributed by atoms with E-state index in [4.69, 9.17) is 0 Å². The first-order chi connectivity index (χ1) is 13.3. The molecule has 1 aliphatic carbocycles. The number of hydrogen-bond donors (Lipinski definition) is 2. The lowest BCUT2D eigenvalue weighted by molar-refractivity contribution is -0.182. The lowest BCUT2D eigenvalue weighted by Crippen LogP contribution is -2.54. The Hall–Kier alpha value is -1.06. The highest BCUT2D eigenvalue weighted by atomic mass is 16.4. The second kappa shape index (κ2) is 12.5. The van der Waals surface area contributed by atoms with Gasteiger partial charge in [-0.25, -0.2) is 0 Å². The zero-order chi connectivity index (χ0) is 21.0. The molecule has 0 aliphatic heterocycles. The van der Waals surface area contributed by atoms with Crippen molar-refractivity contribution in [3.63, 3.8) is 0 Å². The van der Waals surface area contributed by atoms with Gasteiger partial charge in [-0.3, -0.25) is 9.59 Å². The number of aliphatic carboxylic acids is 2. The summed E-state index contributed by atoms with van der Waals surface area (Å²) in [6.07, 6.45) is 14.8. The summed E-state index contributed by atoms with van der Waals surface area (Å²) in [6.45, 7) is 6.49. The molecule has 4 nitrogen and oxygen atoms in total. The van der Waals surface area contributed by atoms with E-state index in [-0.39, 0.29) is 0 Å². The van der Waals surface area contributed by atoms with Gasteiger partial charge in [-0.2, -0.15) is 0 Å². The minimum atomic E-state index is -1.09. The highest BCUT2D eigenvalue weighted by Gasteiger charge is 2.61. The number of rotatable bonds is 15. The van der Waals surface area contributed by atoms with Gasteiger partial charge in [-0.05, 0) is 31.6 Å². The van der Waals surface area contributed by atoms with Crippen molar-refractivity contribution in [2.75, 3.05) is 0 Å². The third-order valence-electron chi connectivity index (χ3n) is 7.03. The molecule has 0 amide bonds. The summed E-state index contributed by atoms with van der Waals surface area (Å²) < 4.78 is 0. The number of hydrogen-bond acceptors (Lipinski definition) is 2. The van der Waals surface area contributed by atoms with E-state index >= 15 is 0 Å². The highest BCUT2D eigenvalue weighted by Crippen LogP contribution is 2.57. The summed E-state index contributed by atoms with van der Waals surface area (Å²) in [7, 11) is 0. The first kappa shape index (κ1) is 25.0. The highest BCUT2D eigenvalue weighted by molar-refractivity contribution is 5.87. The van der Waals surface area contributed by atoms with Crippen molar-refractivity contribution < 1.29 is 19.8 Å². The quantitative estimate of drug-likeness (QED) is 0.291. The molecule has 2 N–H and O–H groups in total.